The fourth-order valence-electron chi connectivity index (χ4n) is 1.80. The molecule has 0 radical (unpaired) electrons. The first-order valence-corrected chi connectivity index (χ1v) is 7.66. The van der Waals surface area contributed by atoms with Crippen LogP contribution in [0, 0.1) is 0 Å². The molecule has 0 atom stereocenters. The summed E-state index contributed by atoms with van der Waals surface area (Å²) in [4.78, 5) is 0. The lowest BCUT2D eigenvalue weighted by molar-refractivity contribution is 0.303. The molecule has 2 aromatic carbocycles. The summed E-state index contributed by atoms with van der Waals surface area (Å²) in [6.45, 7) is 0.935. The Kier molecular flexibility index (Phi) is 5.46. The molecular formula is C15H15Br2NO2. The lowest BCUT2D eigenvalue weighted by Crippen LogP contribution is -2.02. The molecule has 0 heterocycles. The van der Waals surface area contributed by atoms with E-state index < -0.39 is 0 Å². The van der Waals surface area contributed by atoms with Crippen molar-refractivity contribution in [3.63, 3.8) is 0 Å². The van der Waals surface area contributed by atoms with Crippen molar-refractivity contribution >= 4 is 31.9 Å². The highest BCUT2D eigenvalue weighted by atomic mass is 79.9. The Morgan fingerprint density at radius 1 is 1.05 bits per heavy atom. The standard InChI is InChI=1S/C15H15Br2NO2/c1-19-15-6-10(2-3-11(15)8-18)9-20-14-5-4-12(16)7-13(14)17/h2-7H,8-9,18H2,1H3. The summed E-state index contributed by atoms with van der Waals surface area (Å²) in [5, 5.41) is 0. The van der Waals surface area contributed by atoms with E-state index in [4.69, 9.17) is 15.2 Å². The Balaban J connectivity index is 2.10. The van der Waals surface area contributed by atoms with Crippen molar-refractivity contribution in [3.05, 3.63) is 56.5 Å². The topological polar surface area (TPSA) is 44.5 Å². The molecule has 0 bridgehead atoms. The second kappa shape index (κ2) is 7.11. The van der Waals surface area contributed by atoms with Crippen LogP contribution in [0.3, 0.4) is 0 Å². The lowest BCUT2D eigenvalue weighted by Gasteiger charge is -2.11. The molecule has 0 aromatic heterocycles. The van der Waals surface area contributed by atoms with Crippen molar-refractivity contribution in [3.8, 4) is 11.5 Å². The summed E-state index contributed by atoms with van der Waals surface area (Å²) in [7, 11) is 1.64. The molecule has 0 saturated carbocycles. The molecule has 2 rings (SSSR count). The molecule has 2 aromatic rings. The fourth-order valence-corrected chi connectivity index (χ4v) is 2.96. The van der Waals surface area contributed by atoms with E-state index in [1.807, 2.05) is 36.4 Å². The van der Waals surface area contributed by atoms with Crippen LogP contribution < -0.4 is 15.2 Å². The van der Waals surface area contributed by atoms with Gasteiger partial charge in [-0.1, -0.05) is 28.1 Å². The third-order valence-electron chi connectivity index (χ3n) is 2.86. The molecule has 0 spiro atoms. The molecule has 0 fully saturated rings. The predicted molar refractivity (Wildman–Crippen MR) is 87.1 cm³/mol. The molecule has 0 amide bonds. The van der Waals surface area contributed by atoms with Gasteiger partial charge < -0.3 is 15.2 Å². The lowest BCUT2D eigenvalue weighted by atomic mass is 10.1. The van der Waals surface area contributed by atoms with E-state index >= 15 is 0 Å². The zero-order valence-electron chi connectivity index (χ0n) is 11.0. The summed E-state index contributed by atoms with van der Waals surface area (Å²) in [6, 6.07) is 11.7. The number of nitrogens with two attached hydrogens (primary N) is 1. The Morgan fingerprint density at radius 2 is 1.85 bits per heavy atom. The minimum Gasteiger partial charge on any atom is -0.496 e. The second-order valence-corrected chi connectivity index (χ2v) is 5.98. The van der Waals surface area contributed by atoms with E-state index in [0.717, 1.165) is 31.6 Å². The predicted octanol–water partition coefficient (Wildman–Crippen LogP) is 4.26. The maximum atomic E-state index is 5.80. The van der Waals surface area contributed by atoms with Gasteiger partial charge in [-0.05, 0) is 45.8 Å². The van der Waals surface area contributed by atoms with Crippen molar-refractivity contribution in [1.82, 2.24) is 0 Å². The van der Waals surface area contributed by atoms with E-state index in [1.165, 1.54) is 0 Å². The minimum atomic E-state index is 0.461. The maximum absolute atomic E-state index is 5.80. The van der Waals surface area contributed by atoms with Gasteiger partial charge in [-0.25, -0.2) is 0 Å². The van der Waals surface area contributed by atoms with Gasteiger partial charge in [0.25, 0.3) is 0 Å². The van der Waals surface area contributed by atoms with Gasteiger partial charge in [0.15, 0.2) is 0 Å². The van der Waals surface area contributed by atoms with E-state index in [1.54, 1.807) is 7.11 Å². The number of benzene rings is 2. The molecule has 2 N–H and O–H groups in total. The number of halogens is 2. The molecule has 20 heavy (non-hydrogen) atoms. The van der Waals surface area contributed by atoms with Gasteiger partial charge in [-0.15, -0.1) is 0 Å². The van der Waals surface area contributed by atoms with E-state index in [9.17, 15) is 0 Å². The highest BCUT2D eigenvalue weighted by Gasteiger charge is 2.05. The van der Waals surface area contributed by atoms with Crippen LogP contribution in [-0.4, -0.2) is 7.11 Å². The highest BCUT2D eigenvalue weighted by Crippen LogP contribution is 2.29. The molecule has 106 valence electrons. The van der Waals surface area contributed by atoms with Crippen molar-refractivity contribution in [2.24, 2.45) is 5.73 Å². The minimum absolute atomic E-state index is 0.461. The number of methoxy groups -OCH3 is 1. The average Bonchev–Trinajstić information content (AvgIpc) is 2.46. The molecule has 0 saturated heterocycles. The summed E-state index contributed by atoms with van der Waals surface area (Å²) < 4.78 is 13.0. The van der Waals surface area contributed by atoms with Gasteiger partial charge >= 0.3 is 0 Å². The molecule has 0 aliphatic rings. The summed E-state index contributed by atoms with van der Waals surface area (Å²) in [6.07, 6.45) is 0. The second-order valence-electron chi connectivity index (χ2n) is 4.21. The largest absolute Gasteiger partial charge is 0.496 e. The van der Waals surface area contributed by atoms with Crippen LogP contribution in [0.1, 0.15) is 11.1 Å². The molecule has 0 aliphatic heterocycles. The van der Waals surface area contributed by atoms with Crippen LogP contribution in [0.4, 0.5) is 0 Å². The van der Waals surface area contributed by atoms with Crippen LogP contribution in [0.5, 0.6) is 11.5 Å². The van der Waals surface area contributed by atoms with Crippen molar-refractivity contribution in [2.75, 3.05) is 7.11 Å². The van der Waals surface area contributed by atoms with E-state index in [2.05, 4.69) is 31.9 Å². The summed E-state index contributed by atoms with van der Waals surface area (Å²) >= 11 is 6.89. The number of hydrogen-bond donors (Lipinski definition) is 1. The molecule has 0 aliphatic carbocycles. The van der Waals surface area contributed by atoms with Gasteiger partial charge in [-0.2, -0.15) is 0 Å². The van der Waals surface area contributed by atoms with Crippen LogP contribution >= 0.6 is 31.9 Å². The van der Waals surface area contributed by atoms with Gasteiger partial charge in [0.2, 0.25) is 0 Å². The highest BCUT2D eigenvalue weighted by molar-refractivity contribution is 9.11. The summed E-state index contributed by atoms with van der Waals surface area (Å²) in [5.41, 5.74) is 7.68. The Morgan fingerprint density at radius 3 is 2.50 bits per heavy atom. The average molecular weight is 401 g/mol. The zero-order valence-corrected chi connectivity index (χ0v) is 14.2. The first kappa shape index (κ1) is 15.4. The van der Waals surface area contributed by atoms with Gasteiger partial charge in [0, 0.05) is 16.6 Å². The first-order chi connectivity index (χ1) is 9.63. The van der Waals surface area contributed by atoms with Crippen molar-refractivity contribution in [1.29, 1.82) is 0 Å². The van der Waals surface area contributed by atoms with Gasteiger partial charge in [-0.3, -0.25) is 0 Å². The Bertz CT molecular complexity index is 602. The molecule has 5 heteroatoms. The van der Waals surface area contributed by atoms with Gasteiger partial charge in [0.05, 0.1) is 11.6 Å². The molecule has 0 unspecified atom stereocenters. The molecule has 3 nitrogen and oxygen atoms in total. The first-order valence-electron chi connectivity index (χ1n) is 6.07. The van der Waals surface area contributed by atoms with Crippen LogP contribution in [0.25, 0.3) is 0 Å². The number of hydrogen-bond acceptors (Lipinski definition) is 3. The van der Waals surface area contributed by atoms with E-state index in [0.29, 0.717) is 13.2 Å². The van der Waals surface area contributed by atoms with E-state index in [-0.39, 0.29) is 0 Å². The number of ether oxygens (including phenoxy) is 2. The summed E-state index contributed by atoms with van der Waals surface area (Å²) in [5.74, 6) is 1.60. The fraction of sp³-hybridized carbons (Fsp3) is 0.200. The Labute approximate surface area is 135 Å². The quantitative estimate of drug-likeness (QED) is 0.815. The van der Waals surface area contributed by atoms with Crippen LogP contribution in [-0.2, 0) is 13.2 Å². The third-order valence-corrected chi connectivity index (χ3v) is 3.97. The normalized spacial score (nSPS) is 10.4. The van der Waals surface area contributed by atoms with Crippen molar-refractivity contribution in [2.45, 2.75) is 13.2 Å². The zero-order chi connectivity index (χ0) is 14.5. The van der Waals surface area contributed by atoms with Crippen LogP contribution in [0.15, 0.2) is 45.3 Å². The van der Waals surface area contributed by atoms with Crippen LogP contribution in [0.2, 0.25) is 0 Å². The SMILES string of the molecule is COc1cc(COc2ccc(Br)cc2Br)ccc1CN. The smallest absolute Gasteiger partial charge is 0.134 e. The van der Waals surface area contributed by atoms with Gasteiger partial charge in [0.1, 0.15) is 18.1 Å². The Hall–Kier alpha value is -1.04. The molecular weight excluding hydrogens is 386 g/mol. The monoisotopic (exact) mass is 399 g/mol. The third kappa shape index (κ3) is 3.75. The number of rotatable bonds is 5. The van der Waals surface area contributed by atoms with Crippen molar-refractivity contribution < 1.29 is 9.47 Å². The maximum Gasteiger partial charge on any atom is 0.134 e.